The maximum absolute atomic E-state index is 6.18. The number of imidazole rings is 1. The number of hydrogen-bond donors (Lipinski definition) is 2. The monoisotopic (exact) mass is 398 g/mol. The van der Waals surface area contributed by atoms with E-state index in [1.807, 2.05) is 6.33 Å². The zero-order valence-electron chi connectivity index (χ0n) is 16.9. The van der Waals surface area contributed by atoms with Crippen LogP contribution < -0.4 is 25.3 Å². The molecule has 1 saturated carbocycles. The van der Waals surface area contributed by atoms with Crippen LogP contribution in [0.25, 0.3) is 11.2 Å². The molecule has 0 atom stereocenters. The maximum atomic E-state index is 6.18. The Kier molecular flexibility index (Phi) is 5.28. The fourth-order valence-electron chi connectivity index (χ4n) is 3.90. The summed E-state index contributed by atoms with van der Waals surface area (Å²) < 4.78 is 18.3. The number of benzene rings is 1. The van der Waals surface area contributed by atoms with Crippen molar-refractivity contribution in [1.29, 1.82) is 0 Å². The van der Waals surface area contributed by atoms with Crippen LogP contribution in [0.2, 0.25) is 0 Å². The van der Waals surface area contributed by atoms with Gasteiger partial charge in [0.15, 0.2) is 23.0 Å². The Hall–Kier alpha value is -3.23. The first-order chi connectivity index (χ1) is 14.1. The summed E-state index contributed by atoms with van der Waals surface area (Å²) >= 11 is 0. The molecule has 0 saturated heterocycles. The molecule has 154 valence electrons. The Morgan fingerprint density at radius 1 is 1.00 bits per heavy atom. The van der Waals surface area contributed by atoms with E-state index in [-0.39, 0.29) is 0 Å². The van der Waals surface area contributed by atoms with Crippen molar-refractivity contribution in [2.45, 2.75) is 38.1 Å². The molecule has 1 aromatic carbocycles. The summed E-state index contributed by atoms with van der Waals surface area (Å²) in [6.45, 7) is 0. The van der Waals surface area contributed by atoms with Gasteiger partial charge in [0.05, 0.1) is 27.7 Å². The number of nitrogen functional groups attached to an aromatic ring is 1. The number of ether oxygens (including phenoxy) is 3. The van der Waals surface area contributed by atoms with Gasteiger partial charge in [0, 0.05) is 23.9 Å². The molecule has 1 aliphatic rings. The van der Waals surface area contributed by atoms with Gasteiger partial charge in [-0.1, -0.05) is 19.3 Å². The van der Waals surface area contributed by atoms with Crippen molar-refractivity contribution in [3.63, 3.8) is 0 Å². The predicted molar refractivity (Wildman–Crippen MR) is 111 cm³/mol. The lowest BCUT2D eigenvalue weighted by molar-refractivity contribution is 0.324. The van der Waals surface area contributed by atoms with Crippen molar-refractivity contribution in [3.8, 4) is 17.2 Å². The highest BCUT2D eigenvalue weighted by atomic mass is 16.5. The quantitative estimate of drug-likeness (QED) is 0.647. The van der Waals surface area contributed by atoms with Crippen molar-refractivity contribution >= 4 is 28.6 Å². The first-order valence-corrected chi connectivity index (χ1v) is 9.71. The first-order valence-electron chi connectivity index (χ1n) is 9.71. The molecule has 2 heterocycles. The Morgan fingerprint density at radius 3 is 2.31 bits per heavy atom. The summed E-state index contributed by atoms with van der Waals surface area (Å²) in [5, 5.41) is 3.20. The molecule has 2 aromatic heterocycles. The van der Waals surface area contributed by atoms with Crippen LogP contribution in [0.1, 0.15) is 38.1 Å². The smallest absolute Gasteiger partial charge is 0.231 e. The van der Waals surface area contributed by atoms with Gasteiger partial charge in [-0.15, -0.1) is 0 Å². The van der Waals surface area contributed by atoms with Crippen LogP contribution in [0, 0.1) is 0 Å². The van der Waals surface area contributed by atoms with E-state index >= 15 is 0 Å². The highest BCUT2D eigenvalue weighted by Crippen LogP contribution is 2.40. The van der Waals surface area contributed by atoms with Crippen molar-refractivity contribution < 1.29 is 14.2 Å². The maximum Gasteiger partial charge on any atom is 0.231 e. The molecule has 4 rings (SSSR count). The number of aromatic nitrogens is 4. The molecule has 0 aliphatic heterocycles. The molecule has 29 heavy (non-hydrogen) atoms. The molecule has 9 heteroatoms. The standard InChI is InChI=1S/C20H26N6O3/c1-27-14-9-12(10-15(28-2)17(14)29-3)23-20-24-18(21)16-19(25-20)26(11-22-16)13-7-5-4-6-8-13/h9-11,13H,4-8H2,1-3H3,(H3,21,23,24,25). The average Bonchev–Trinajstić information content (AvgIpc) is 3.18. The number of nitrogens with zero attached hydrogens (tertiary/aromatic N) is 4. The molecule has 9 nitrogen and oxygen atoms in total. The molecule has 0 unspecified atom stereocenters. The van der Waals surface area contributed by atoms with E-state index in [9.17, 15) is 0 Å². The third-order valence-electron chi connectivity index (χ3n) is 5.34. The fourth-order valence-corrected chi connectivity index (χ4v) is 3.90. The number of nitrogens with two attached hydrogens (primary N) is 1. The fraction of sp³-hybridized carbons (Fsp3) is 0.450. The topological polar surface area (TPSA) is 109 Å². The molecular formula is C20H26N6O3. The molecule has 3 N–H and O–H groups in total. The number of anilines is 3. The van der Waals surface area contributed by atoms with E-state index in [2.05, 4.69) is 19.9 Å². The number of rotatable bonds is 6. The van der Waals surface area contributed by atoms with Gasteiger partial charge >= 0.3 is 0 Å². The Bertz CT molecular complexity index is 988. The summed E-state index contributed by atoms with van der Waals surface area (Å²) in [5.41, 5.74) is 8.25. The van der Waals surface area contributed by atoms with Gasteiger partial charge in [0.25, 0.3) is 0 Å². The Morgan fingerprint density at radius 2 is 1.69 bits per heavy atom. The molecule has 3 aromatic rings. The van der Waals surface area contributed by atoms with Crippen LogP contribution in [0.3, 0.4) is 0 Å². The minimum absolute atomic E-state index is 0.347. The SMILES string of the molecule is COc1cc(Nc2nc(N)c3ncn(C4CCCCC4)c3n2)cc(OC)c1OC. The van der Waals surface area contributed by atoms with Gasteiger partial charge in [0.2, 0.25) is 11.7 Å². The minimum atomic E-state index is 0.347. The second-order valence-electron chi connectivity index (χ2n) is 7.09. The average molecular weight is 398 g/mol. The zero-order valence-corrected chi connectivity index (χ0v) is 16.9. The van der Waals surface area contributed by atoms with E-state index < -0.39 is 0 Å². The summed E-state index contributed by atoms with van der Waals surface area (Å²) in [6.07, 6.45) is 7.82. The minimum Gasteiger partial charge on any atom is -0.493 e. The second kappa shape index (κ2) is 8.02. The van der Waals surface area contributed by atoms with Gasteiger partial charge in [-0.2, -0.15) is 9.97 Å². The lowest BCUT2D eigenvalue weighted by Gasteiger charge is -2.23. The summed E-state index contributed by atoms with van der Waals surface area (Å²) in [7, 11) is 4.71. The van der Waals surface area contributed by atoms with E-state index in [1.54, 1.807) is 33.5 Å². The van der Waals surface area contributed by atoms with Gasteiger partial charge < -0.3 is 29.8 Å². The molecule has 1 aliphatic carbocycles. The van der Waals surface area contributed by atoms with E-state index in [4.69, 9.17) is 24.9 Å². The van der Waals surface area contributed by atoms with E-state index in [0.717, 1.165) is 18.5 Å². The summed E-state index contributed by atoms with van der Waals surface area (Å²) in [5.74, 6) is 2.33. The summed E-state index contributed by atoms with van der Waals surface area (Å²) in [4.78, 5) is 13.5. The molecular weight excluding hydrogens is 372 g/mol. The Balaban J connectivity index is 1.71. The highest BCUT2D eigenvalue weighted by Gasteiger charge is 2.20. The van der Waals surface area contributed by atoms with Crippen LogP contribution >= 0.6 is 0 Å². The largest absolute Gasteiger partial charge is 0.493 e. The molecule has 0 spiro atoms. The van der Waals surface area contributed by atoms with Crippen LogP contribution in [-0.2, 0) is 0 Å². The van der Waals surface area contributed by atoms with Gasteiger partial charge in [0.1, 0.15) is 5.52 Å². The van der Waals surface area contributed by atoms with Gasteiger partial charge in [-0.25, -0.2) is 4.98 Å². The normalized spacial score (nSPS) is 14.7. The highest BCUT2D eigenvalue weighted by molar-refractivity contribution is 5.83. The van der Waals surface area contributed by atoms with E-state index in [0.29, 0.717) is 46.3 Å². The Labute approximate surface area is 169 Å². The lowest BCUT2D eigenvalue weighted by atomic mass is 9.95. The predicted octanol–water partition coefficient (Wildman–Crippen LogP) is 3.68. The number of nitrogens with one attached hydrogen (secondary N) is 1. The van der Waals surface area contributed by atoms with E-state index in [1.165, 1.54) is 19.3 Å². The number of methoxy groups -OCH3 is 3. The van der Waals surface area contributed by atoms with Crippen molar-refractivity contribution in [1.82, 2.24) is 19.5 Å². The molecule has 1 fully saturated rings. The molecule has 0 radical (unpaired) electrons. The second-order valence-corrected chi connectivity index (χ2v) is 7.09. The van der Waals surface area contributed by atoms with Crippen molar-refractivity contribution in [2.24, 2.45) is 0 Å². The summed E-state index contributed by atoms with van der Waals surface area (Å²) in [6, 6.07) is 3.99. The number of fused-ring (bicyclic) bond motifs is 1. The third-order valence-corrected chi connectivity index (χ3v) is 5.34. The molecule has 0 bridgehead atoms. The molecule has 0 amide bonds. The van der Waals surface area contributed by atoms with Crippen molar-refractivity contribution in [2.75, 3.05) is 32.4 Å². The van der Waals surface area contributed by atoms with Gasteiger partial charge in [-0.3, -0.25) is 0 Å². The van der Waals surface area contributed by atoms with Crippen LogP contribution in [0.15, 0.2) is 18.5 Å². The number of hydrogen-bond acceptors (Lipinski definition) is 8. The third kappa shape index (κ3) is 3.59. The van der Waals surface area contributed by atoms with Crippen LogP contribution in [0.5, 0.6) is 17.2 Å². The van der Waals surface area contributed by atoms with Crippen molar-refractivity contribution in [3.05, 3.63) is 18.5 Å². The zero-order chi connectivity index (χ0) is 20.4. The van der Waals surface area contributed by atoms with Crippen LogP contribution in [0.4, 0.5) is 17.5 Å². The van der Waals surface area contributed by atoms with Gasteiger partial charge in [-0.05, 0) is 12.8 Å². The lowest BCUT2D eigenvalue weighted by Crippen LogP contribution is -2.13. The van der Waals surface area contributed by atoms with Crippen LogP contribution in [-0.4, -0.2) is 40.8 Å². The first kappa shape index (κ1) is 19.1.